The Balaban J connectivity index is 1.07. The highest BCUT2D eigenvalue weighted by molar-refractivity contribution is 7.20. The minimum Gasteiger partial charge on any atom is -0.334 e. The molecule has 4 nitrogen and oxygen atoms in total. The van der Waals surface area contributed by atoms with Crippen LogP contribution in [0.3, 0.4) is 0 Å². The molecule has 0 spiro atoms. The van der Waals surface area contributed by atoms with Crippen molar-refractivity contribution in [1.82, 2.24) is 15.0 Å². The van der Waals surface area contributed by atoms with Crippen LogP contribution in [0.4, 0.5) is 11.4 Å². The maximum absolute atomic E-state index is 5.15. The van der Waals surface area contributed by atoms with Gasteiger partial charge in [-0.2, -0.15) is 0 Å². The fourth-order valence-electron chi connectivity index (χ4n) is 8.33. The van der Waals surface area contributed by atoms with E-state index in [1.54, 1.807) is 0 Å². The molecule has 0 amide bonds. The first-order chi connectivity index (χ1) is 27.7. The number of anilines is 2. The third kappa shape index (κ3) is 5.64. The summed E-state index contributed by atoms with van der Waals surface area (Å²) in [7, 11) is 0. The van der Waals surface area contributed by atoms with E-state index in [2.05, 4.69) is 157 Å². The fourth-order valence-corrected chi connectivity index (χ4v) is 9.54. The van der Waals surface area contributed by atoms with Crippen LogP contribution in [0.15, 0.2) is 182 Å². The highest BCUT2D eigenvalue weighted by atomic mass is 32.1. The van der Waals surface area contributed by atoms with Gasteiger partial charge >= 0.3 is 0 Å². The lowest BCUT2D eigenvalue weighted by Crippen LogP contribution is -2.32. The summed E-state index contributed by atoms with van der Waals surface area (Å²) >= 11 is 1.86. The Morgan fingerprint density at radius 1 is 0.482 bits per heavy atom. The van der Waals surface area contributed by atoms with Gasteiger partial charge in [0.15, 0.2) is 17.5 Å². The number of benzene rings is 8. The number of nitrogens with zero attached hydrogens (tertiary/aromatic N) is 4. The summed E-state index contributed by atoms with van der Waals surface area (Å²) in [6.45, 7) is 0. The molecule has 5 heteroatoms. The molecular formula is C51H34N4S. The van der Waals surface area contributed by atoms with E-state index in [1.807, 2.05) is 47.7 Å². The van der Waals surface area contributed by atoms with Crippen molar-refractivity contribution in [2.45, 2.75) is 12.5 Å². The predicted molar refractivity (Wildman–Crippen MR) is 236 cm³/mol. The molecule has 56 heavy (non-hydrogen) atoms. The van der Waals surface area contributed by atoms with Gasteiger partial charge in [-0.1, -0.05) is 152 Å². The Labute approximate surface area is 328 Å². The maximum atomic E-state index is 5.15. The number of rotatable bonds is 6. The number of aromatic nitrogens is 3. The summed E-state index contributed by atoms with van der Waals surface area (Å²) in [6, 6.07) is 62.5. The monoisotopic (exact) mass is 734 g/mol. The van der Waals surface area contributed by atoms with Crippen LogP contribution in [0.25, 0.3) is 82.6 Å². The maximum Gasteiger partial charge on any atom is 0.164 e. The Morgan fingerprint density at radius 3 is 1.61 bits per heavy atom. The number of fused-ring (bicyclic) bond motifs is 7. The van der Waals surface area contributed by atoms with Gasteiger partial charge in [-0.15, -0.1) is 11.3 Å². The summed E-state index contributed by atoms with van der Waals surface area (Å²) in [5, 5.41) is 8.63. The summed E-state index contributed by atoms with van der Waals surface area (Å²) in [4.78, 5) is 19.1. The van der Waals surface area contributed by atoms with Crippen molar-refractivity contribution in [2.24, 2.45) is 0 Å². The number of hydrogen-bond donors (Lipinski definition) is 0. The SMILES string of the molecule is C1=CC(N(c2ccc3ccccc3c2)c2ccc3ccccc3c2)Cc2c1sc1cc(-c3nc(-c4ccccc4)nc(-c4ccccc4)n3)c3ccccc3c21. The van der Waals surface area contributed by atoms with Gasteiger partial charge in [-0.25, -0.2) is 15.0 Å². The Kier molecular flexibility index (Phi) is 7.78. The summed E-state index contributed by atoms with van der Waals surface area (Å²) in [6.07, 6.45) is 5.62. The average molecular weight is 735 g/mol. The predicted octanol–water partition coefficient (Wildman–Crippen LogP) is 13.3. The zero-order chi connectivity index (χ0) is 37.0. The molecule has 1 aliphatic carbocycles. The largest absolute Gasteiger partial charge is 0.334 e. The minimum atomic E-state index is 0.103. The molecule has 0 fully saturated rings. The first-order valence-electron chi connectivity index (χ1n) is 19.0. The van der Waals surface area contributed by atoms with Crippen molar-refractivity contribution in [3.8, 4) is 34.2 Å². The van der Waals surface area contributed by atoms with Gasteiger partial charge in [0.25, 0.3) is 0 Å². The first kappa shape index (κ1) is 32.5. The van der Waals surface area contributed by atoms with Crippen LogP contribution in [0, 0.1) is 0 Å². The van der Waals surface area contributed by atoms with Crippen LogP contribution in [-0.4, -0.2) is 21.0 Å². The zero-order valence-corrected chi connectivity index (χ0v) is 31.2. The second kappa shape index (κ2) is 13.4. The average Bonchev–Trinajstić information content (AvgIpc) is 3.65. The quantitative estimate of drug-likeness (QED) is 0.171. The zero-order valence-electron chi connectivity index (χ0n) is 30.4. The highest BCUT2D eigenvalue weighted by Crippen LogP contribution is 2.45. The molecule has 0 radical (unpaired) electrons. The van der Waals surface area contributed by atoms with E-state index in [1.165, 1.54) is 58.8 Å². The number of hydrogen-bond acceptors (Lipinski definition) is 5. The van der Waals surface area contributed by atoms with Crippen molar-refractivity contribution in [1.29, 1.82) is 0 Å². The van der Waals surface area contributed by atoms with Crippen molar-refractivity contribution >= 4 is 71.2 Å². The molecule has 2 heterocycles. The van der Waals surface area contributed by atoms with Gasteiger partial charge in [0.2, 0.25) is 0 Å². The van der Waals surface area contributed by atoms with E-state index in [9.17, 15) is 0 Å². The normalized spacial score (nSPS) is 13.8. The van der Waals surface area contributed by atoms with Crippen LogP contribution in [0.5, 0.6) is 0 Å². The van der Waals surface area contributed by atoms with Gasteiger partial charge < -0.3 is 4.90 Å². The topological polar surface area (TPSA) is 41.9 Å². The van der Waals surface area contributed by atoms with Gasteiger partial charge in [0, 0.05) is 43.0 Å². The molecule has 1 unspecified atom stereocenters. The first-order valence-corrected chi connectivity index (χ1v) is 19.8. The molecule has 1 atom stereocenters. The Hall–Kier alpha value is -6.95. The van der Waals surface area contributed by atoms with Gasteiger partial charge in [0.1, 0.15) is 0 Å². The molecule has 264 valence electrons. The molecule has 0 saturated carbocycles. The van der Waals surface area contributed by atoms with E-state index in [4.69, 9.17) is 15.0 Å². The second-order valence-electron chi connectivity index (χ2n) is 14.4. The Morgan fingerprint density at radius 2 is 1.00 bits per heavy atom. The van der Waals surface area contributed by atoms with Crippen molar-refractivity contribution < 1.29 is 0 Å². The van der Waals surface area contributed by atoms with Gasteiger partial charge in [-0.3, -0.25) is 0 Å². The molecule has 1 aliphatic rings. The lowest BCUT2D eigenvalue weighted by atomic mass is 9.91. The molecule has 0 bridgehead atoms. The van der Waals surface area contributed by atoms with Crippen molar-refractivity contribution in [3.63, 3.8) is 0 Å². The van der Waals surface area contributed by atoms with Crippen LogP contribution in [0.1, 0.15) is 10.4 Å². The van der Waals surface area contributed by atoms with E-state index in [0.29, 0.717) is 17.5 Å². The summed E-state index contributed by atoms with van der Waals surface area (Å²) < 4.78 is 1.24. The van der Waals surface area contributed by atoms with Gasteiger partial charge in [0.05, 0.1) is 6.04 Å². The fraction of sp³-hybridized carbons (Fsp3) is 0.0392. The molecule has 0 saturated heterocycles. The molecular weight excluding hydrogens is 701 g/mol. The molecule has 2 aromatic heterocycles. The summed E-state index contributed by atoms with van der Waals surface area (Å²) in [5.41, 5.74) is 6.69. The Bertz CT molecular complexity index is 3000. The molecule has 10 aromatic rings. The highest BCUT2D eigenvalue weighted by Gasteiger charge is 2.28. The lowest BCUT2D eigenvalue weighted by molar-refractivity contribution is 0.774. The second-order valence-corrected chi connectivity index (χ2v) is 15.5. The van der Waals surface area contributed by atoms with E-state index in [0.717, 1.165) is 28.5 Å². The van der Waals surface area contributed by atoms with Crippen molar-refractivity contribution in [3.05, 3.63) is 192 Å². The smallest absolute Gasteiger partial charge is 0.164 e. The minimum absolute atomic E-state index is 0.103. The molecule has 0 aliphatic heterocycles. The lowest BCUT2D eigenvalue weighted by Gasteiger charge is -2.34. The van der Waals surface area contributed by atoms with E-state index in [-0.39, 0.29) is 6.04 Å². The van der Waals surface area contributed by atoms with Crippen LogP contribution < -0.4 is 4.90 Å². The van der Waals surface area contributed by atoms with Crippen LogP contribution in [0.2, 0.25) is 0 Å². The van der Waals surface area contributed by atoms with Crippen LogP contribution >= 0.6 is 11.3 Å². The molecule has 0 N–H and O–H groups in total. The van der Waals surface area contributed by atoms with Gasteiger partial charge in [-0.05, 0) is 80.7 Å². The van der Waals surface area contributed by atoms with E-state index >= 15 is 0 Å². The third-order valence-corrected chi connectivity index (χ3v) is 12.1. The third-order valence-electron chi connectivity index (χ3n) is 11.0. The van der Waals surface area contributed by atoms with Crippen LogP contribution in [-0.2, 0) is 6.42 Å². The summed E-state index contributed by atoms with van der Waals surface area (Å²) in [5.74, 6) is 2.00. The standard InChI is InChI=1S/C51H34N4S/c1-3-15-35(16-4-1)49-52-50(36-17-5-2-6-18-36)54-51(53-49)44-32-47-48(43-22-12-11-21-42(43)44)45-31-41(27-28-46(45)56-47)55(39-25-23-33-13-7-9-19-37(33)29-39)40-26-24-34-14-8-10-20-38(34)30-40/h1-30,32,41H,31H2. The molecule has 8 aromatic carbocycles. The van der Waals surface area contributed by atoms with E-state index < -0.39 is 0 Å². The number of thiophene rings is 1. The van der Waals surface area contributed by atoms with Crippen molar-refractivity contribution in [2.75, 3.05) is 4.90 Å². The molecule has 11 rings (SSSR count).